The van der Waals surface area contributed by atoms with Gasteiger partial charge in [0.2, 0.25) is 5.91 Å². The summed E-state index contributed by atoms with van der Waals surface area (Å²) >= 11 is 0. The summed E-state index contributed by atoms with van der Waals surface area (Å²) in [5, 5.41) is 2.99. The first-order valence-electron chi connectivity index (χ1n) is 6.15. The van der Waals surface area contributed by atoms with Crippen LogP contribution in [-0.4, -0.2) is 16.9 Å². The maximum absolute atomic E-state index is 12.0. The molecule has 1 aromatic heterocycles. The number of carbonyl (C=O) groups excluding carboxylic acids is 1. The van der Waals surface area contributed by atoms with Gasteiger partial charge in [-0.3, -0.25) is 9.78 Å². The van der Waals surface area contributed by atoms with Crippen molar-refractivity contribution in [2.75, 3.05) is 0 Å². The minimum Gasteiger partial charge on any atom is -0.348 e. The number of hydrogen-bond donors (Lipinski definition) is 2. The van der Waals surface area contributed by atoms with Crippen molar-refractivity contribution >= 4 is 5.91 Å². The monoisotopic (exact) mass is 233 g/mol. The second-order valence-corrected chi connectivity index (χ2v) is 4.69. The van der Waals surface area contributed by atoms with Crippen LogP contribution in [0, 0.1) is 5.92 Å². The smallest absolute Gasteiger partial charge is 0.225 e. The molecule has 0 aliphatic heterocycles. The van der Waals surface area contributed by atoms with Crippen LogP contribution in [0.2, 0.25) is 0 Å². The van der Waals surface area contributed by atoms with Crippen LogP contribution in [0.4, 0.5) is 0 Å². The first kappa shape index (κ1) is 12.0. The van der Waals surface area contributed by atoms with Crippen molar-refractivity contribution in [3.05, 3.63) is 30.1 Å². The van der Waals surface area contributed by atoms with E-state index < -0.39 is 0 Å². The highest BCUT2D eigenvalue weighted by atomic mass is 16.2. The standard InChI is InChI=1S/C13H19N3O/c1-9(12-7-2-3-8-15-12)16-13(17)10-5-4-6-11(10)14/h2-3,7-11H,4-6,14H2,1H3,(H,16,17)/t9-,10?,11?/m0/s1. The van der Waals surface area contributed by atoms with E-state index in [-0.39, 0.29) is 23.9 Å². The van der Waals surface area contributed by atoms with Crippen molar-refractivity contribution in [3.8, 4) is 0 Å². The molecule has 4 nitrogen and oxygen atoms in total. The quantitative estimate of drug-likeness (QED) is 0.829. The van der Waals surface area contributed by atoms with E-state index >= 15 is 0 Å². The molecule has 2 rings (SSSR count). The molecule has 3 N–H and O–H groups in total. The number of rotatable bonds is 3. The fourth-order valence-electron chi connectivity index (χ4n) is 2.34. The molecule has 0 radical (unpaired) electrons. The Morgan fingerprint density at radius 1 is 1.53 bits per heavy atom. The van der Waals surface area contributed by atoms with Crippen LogP contribution in [-0.2, 0) is 4.79 Å². The summed E-state index contributed by atoms with van der Waals surface area (Å²) in [6.45, 7) is 1.95. The van der Waals surface area contributed by atoms with Gasteiger partial charge in [-0.2, -0.15) is 0 Å². The molecule has 1 aliphatic rings. The normalized spacial score (nSPS) is 25.5. The van der Waals surface area contributed by atoms with Crippen LogP contribution in [0.15, 0.2) is 24.4 Å². The summed E-state index contributed by atoms with van der Waals surface area (Å²) < 4.78 is 0. The zero-order valence-corrected chi connectivity index (χ0v) is 10.1. The molecule has 1 aromatic rings. The Morgan fingerprint density at radius 2 is 2.35 bits per heavy atom. The molecule has 1 saturated carbocycles. The van der Waals surface area contributed by atoms with Crippen molar-refractivity contribution in [2.45, 2.75) is 38.3 Å². The van der Waals surface area contributed by atoms with E-state index in [1.54, 1.807) is 6.20 Å². The summed E-state index contributed by atoms with van der Waals surface area (Å²) in [5.41, 5.74) is 6.80. The molecule has 3 atom stereocenters. The van der Waals surface area contributed by atoms with Gasteiger partial charge in [-0.1, -0.05) is 12.5 Å². The molecule has 2 unspecified atom stereocenters. The first-order valence-corrected chi connectivity index (χ1v) is 6.15. The number of amides is 1. The molecule has 4 heteroatoms. The van der Waals surface area contributed by atoms with Gasteiger partial charge >= 0.3 is 0 Å². The second kappa shape index (κ2) is 5.27. The van der Waals surface area contributed by atoms with Gasteiger partial charge < -0.3 is 11.1 Å². The molecule has 1 heterocycles. The predicted molar refractivity (Wildman–Crippen MR) is 66.1 cm³/mol. The molecular weight excluding hydrogens is 214 g/mol. The molecule has 0 spiro atoms. The van der Waals surface area contributed by atoms with E-state index in [0.717, 1.165) is 25.0 Å². The molecule has 1 aliphatic carbocycles. The maximum atomic E-state index is 12.0. The fourth-order valence-corrected chi connectivity index (χ4v) is 2.34. The largest absolute Gasteiger partial charge is 0.348 e. The number of nitrogens with one attached hydrogen (secondary N) is 1. The lowest BCUT2D eigenvalue weighted by Gasteiger charge is -2.19. The third kappa shape index (κ3) is 2.82. The lowest BCUT2D eigenvalue weighted by Crippen LogP contribution is -2.39. The predicted octanol–water partition coefficient (Wildman–Crippen LogP) is 1.39. The van der Waals surface area contributed by atoms with Crippen LogP contribution in [0.1, 0.15) is 37.9 Å². The molecule has 1 amide bonds. The molecule has 92 valence electrons. The molecule has 0 bridgehead atoms. The Labute approximate surface area is 102 Å². The van der Waals surface area contributed by atoms with E-state index in [2.05, 4.69) is 10.3 Å². The van der Waals surface area contributed by atoms with Crippen molar-refractivity contribution in [1.82, 2.24) is 10.3 Å². The number of pyridine rings is 1. The Kier molecular flexibility index (Phi) is 3.74. The van der Waals surface area contributed by atoms with Gasteiger partial charge in [0, 0.05) is 12.2 Å². The van der Waals surface area contributed by atoms with Crippen LogP contribution >= 0.6 is 0 Å². The SMILES string of the molecule is C[C@H](NC(=O)C1CCCC1N)c1ccccn1. The first-order chi connectivity index (χ1) is 8.18. The highest BCUT2D eigenvalue weighted by molar-refractivity contribution is 5.80. The highest BCUT2D eigenvalue weighted by Crippen LogP contribution is 2.24. The van der Waals surface area contributed by atoms with E-state index in [4.69, 9.17) is 5.73 Å². The zero-order chi connectivity index (χ0) is 12.3. The average Bonchev–Trinajstić information content (AvgIpc) is 2.76. The van der Waals surface area contributed by atoms with Crippen LogP contribution in [0.5, 0.6) is 0 Å². The Hall–Kier alpha value is -1.42. The maximum Gasteiger partial charge on any atom is 0.225 e. The lowest BCUT2D eigenvalue weighted by atomic mass is 10.0. The van der Waals surface area contributed by atoms with Crippen molar-refractivity contribution in [1.29, 1.82) is 0 Å². The summed E-state index contributed by atoms with van der Waals surface area (Å²) in [4.78, 5) is 16.3. The molecule has 0 saturated heterocycles. The number of hydrogen-bond acceptors (Lipinski definition) is 3. The van der Waals surface area contributed by atoms with Gasteiger partial charge in [-0.15, -0.1) is 0 Å². The Morgan fingerprint density at radius 3 is 2.94 bits per heavy atom. The number of carbonyl (C=O) groups is 1. The fraction of sp³-hybridized carbons (Fsp3) is 0.538. The Bertz CT molecular complexity index is 380. The van der Waals surface area contributed by atoms with Crippen molar-refractivity contribution in [2.24, 2.45) is 11.7 Å². The summed E-state index contributed by atoms with van der Waals surface area (Å²) in [6, 6.07) is 5.67. The molecule has 17 heavy (non-hydrogen) atoms. The van der Waals surface area contributed by atoms with Gasteiger partial charge in [0.15, 0.2) is 0 Å². The van der Waals surface area contributed by atoms with E-state index in [1.807, 2.05) is 25.1 Å². The van der Waals surface area contributed by atoms with Gasteiger partial charge in [0.1, 0.15) is 0 Å². The Balaban J connectivity index is 1.95. The van der Waals surface area contributed by atoms with Crippen LogP contribution in [0.3, 0.4) is 0 Å². The zero-order valence-electron chi connectivity index (χ0n) is 10.1. The van der Waals surface area contributed by atoms with Crippen molar-refractivity contribution in [3.63, 3.8) is 0 Å². The van der Waals surface area contributed by atoms with Crippen LogP contribution in [0.25, 0.3) is 0 Å². The van der Waals surface area contributed by atoms with Gasteiger partial charge in [-0.05, 0) is 31.9 Å². The second-order valence-electron chi connectivity index (χ2n) is 4.69. The van der Waals surface area contributed by atoms with Gasteiger partial charge in [0.25, 0.3) is 0 Å². The minimum atomic E-state index is -0.0588. The summed E-state index contributed by atoms with van der Waals surface area (Å²) in [6.07, 6.45) is 4.65. The van der Waals surface area contributed by atoms with Crippen LogP contribution < -0.4 is 11.1 Å². The average molecular weight is 233 g/mol. The lowest BCUT2D eigenvalue weighted by molar-refractivity contribution is -0.125. The van der Waals surface area contributed by atoms with E-state index in [0.29, 0.717) is 0 Å². The highest BCUT2D eigenvalue weighted by Gasteiger charge is 2.30. The van der Waals surface area contributed by atoms with Crippen molar-refractivity contribution < 1.29 is 4.79 Å². The van der Waals surface area contributed by atoms with Gasteiger partial charge in [-0.25, -0.2) is 0 Å². The minimum absolute atomic E-state index is 0.0194. The molecule has 1 fully saturated rings. The molecule has 0 aromatic carbocycles. The number of nitrogens with zero attached hydrogens (tertiary/aromatic N) is 1. The molecular formula is C13H19N3O. The number of aromatic nitrogens is 1. The third-order valence-corrected chi connectivity index (χ3v) is 3.40. The third-order valence-electron chi connectivity index (χ3n) is 3.40. The van der Waals surface area contributed by atoms with E-state index in [9.17, 15) is 4.79 Å². The summed E-state index contributed by atoms with van der Waals surface area (Å²) in [7, 11) is 0. The van der Waals surface area contributed by atoms with Gasteiger partial charge in [0.05, 0.1) is 17.7 Å². The number of nitrogens with two attached hydrogens (primary N) is 1. The van der Waals surface area contributed by atoms with E-state index in [1.165, 1.54) is 0 Å². The summed E-state index contributed by atoms with van der Waals surface area (Å²) in [5.74, 6) is 0.0364. The topological polar surface area (TPSA) is 68.0 Å².